The molecule has 0 heterocycles. The van der Waals surface area contributed by atoms with Crippen LogP contribution in [0, 0.1) is 0 Å². The zero-order valence-electron chi connectivity index (χ0n) is 27.5. The van der Waals surface area contributed by atoms with Gasteiger partial charge in [0.05, 0.1) is 12.4 Å². The molecule has 0 spiro atoms. The first-order chi connectivity index (χ1) is 23.7. The SMILES string of the molecule is C/C=C\C(=C/N)c1cccc(/C(=C/C(=N\CN)C2=CC=C(c3cccc4ccccc34)CC2)c2cc3ccccc3c3c2C=CCC3)c1. The van der Waals surface area contributed by atoms with Crippen molar-refractivity contribution in [2.24, 2.45) is 16.5 Å². The third-order valence-electron chi connectivity index (χ3n) is 9.53. The van der Waals surface area contributed by atoms with Crippen LogP contribution in [-0.2, 0) is 6.42 Å². The van der Waals surface area contributed by atoms with Crippen molar-refractivity contribution >= 4 is 50.1 Å². The van der Waals surface area contributed by atoms with Gasteiger partial charge in [0.1, 0.15) is 0 Å². The lowest BCUT2D eigenvalue weighted by atomic mass is 9.82. The van der Waals surface area contributed by atoms with Crippen molar-refractivity contribution in [3.63, 3.8) is 0 Å². The molecule has 0 saturated carbocycles. The highest BCUT2D eigenvalue weighted by Gasteiger charge is 2.20. The highest BCUT2D eigenvalue weighted by Crippen LogP contribution is 2.39. The number of nitrogens with two attached hydrogens (primary N) is 2. The number of hydrogen-bond donors (Lipinski definition) is 2. The van der Waals surface area contributed by atoms with Crippen LogP contribution in [0.25, 0.3) is 44.3 Å². The van der Waals surface area contributed by atoms with Crippen LogP contribution < -0.4 is 11.5 Å². The first-order valence-electron chi connectivity index (χ1n) is 16.9. The maximum Gasteiger partial charge on any atom is 0.0866 e. The van der Waals surface area contributed by atoms with Crippen LogP contribution in [0.5, 0.6) is 0 Å². The average molecular weight is 624 g/mol. The molecule has 0 saturated heterocycles. The lowest BCUT2D eigenvalue weighted by molar-refractivity contribution is 0.996. The van der Waals surface area contributed by atoms with Crippen LogP contribution in [-0.4, -0.2) is 12.4 Å². The first-order valence-corrected chi connectivity index (χ1v) is 16.9. The summed E-state index contributed by atoms with van der Waals surface area (Å²) < 4.78 is 0. The molecule has 4 N–H and O–H groups in total. The molecule has 2 aliphatic carbocycles. The molecule has 0 aliphatic heterocycles. The van der Waals surface area contributed by atoms with Crippen molar-refractivity contribution in [2.45, 2.75) is 32.6 Å². The van der Waals surface area contributed by atoms with Crippen molar-refractivity contribution in [3.8, 4) is 0 Å². The summed E-state index contributed by atoms with van der Waals surface area (Å²) in [7, 11) is 0. The second kappa shape index (κ2) is 14.1. The minimum atomic E-state index is 0.216. The minimum Gasteiger partial charge on any atom is -0.404 e. The van der Waals surface area contributed by atoms with Gasteiger partial charge in [0.15, 0.2) is 0 Å². The van der Waals surface area contributed by atoms with Crippen LogP contribution in [0.1, 0.15) is 59.6 Å². The van der Waals surface area contributed by atoms with Crippen molar-refractivity contribution in [2.75, 3.05) is 6.67 Å². The standard InChI is InChI=1S/C45H41N3/c1-2-11-37(29-46)34-15-9-16-35(26-34)43(44-27-36-13-4-6-18-40(36)41-19-7-8-20-42(41)44)28-45(48-30-47)33-24-22-32(23-25-33)39-21-10-14-31-12-3-5-17-38(31)39/h2-6,8-18,20-22,24,26-29H,7,19,23,25,30,46-47H2,1H3/b11-2-,37-29+,43-28-,48-45+. The number of benzene rings is 5. The summed E-state index contributed by atoms with van der Waals surface area (Å²) in [4.78, 5) is 4.92. The summed E-state index contributed by atoms with van der Waals surface area (Å²) >= 11 is 0. The van der Waals surface area contributed by atoms with Gasteiger partial charge in [-0.3, -0.25) is 4.99 Å². The monoisotopic (exact) mass is 623 g/mol. The van der Waals surface area contributed by atoms with E-state index in [0.717, 1.165) is 53.7 Å². The normalized spacial score (nSPS) is 15.6. The highest BCUT2D eigenvalue weighted by atomic mass is 14.9. The fourth-order valence-electron chi connectivity index (χ4n) is 7.22. The lowest BCUT2D eigenvalue weighted by Gasteiger charge is -2.22. The Kier molecular flexibility index (Phi) is 9.13. The number of hydrogen-bond acceptors (Lipinski definition) is 3. The van der Waals surface area contributed by atoms with Gasteiger partial charge in [-0.2, -0.15) is 0 Å². The van der Waals surface area contributed by atoms with E-state index in [1.165, 1.54) is 54.9 Å². The van der Waals surface area contributed by atoms with Crippen molar-refractivity contribution in [1.29, 1.82) is 0 Å². The van der Waals surface area contributed by atoms with Crippen LogP contribution in [0.2, 0.25) is 0 Å². The topological polar surface area (TPSA) is 64.4 Å². The van der Waals surface area contributed by atoms with Crippen molar-refractivity contribution in [3.05, 3.63) is 179 Å². The molecule has 2 aliphatic rings. The number of fused-ring (bicyclic) bond motifs is 4. The van der Waals surface area contributed by atoms with E-state index < -0.39 is 0 Å². The molecule has 3 heteroatoms. The van der Waals surface area contributed by atoms with E-state index in [1.807, 2.05) is 13.0 Å². The first kappa shape index (κ1) is 31.1. The fraction of sp³-hybridized carbons (Fsp3) is 0.133. The molecule has 236 valence electrons. The van der Waals surface area contributed by atoms with Crippen LogP contribution in [0.4, 0.5) is 0 Å². The molecule has 5 aromatic rings. The van der Waals surface area contributed by atoms with Gasteiger partial charge in [-0.05, 0) is 128 Å². The second-order valence-corrected chi connectivity index (χ2v) is 12.4. The van der Waals surface area contributed by atoms with Crippen LogP contribution >= 0.6 is 0 Å². The Bertz CT molecular complexity index is 2230. The second-order valence-electron chi connectivity index (χ2n) is 12.4. The number of rotatable bonds is 8. The highest BCUT2D eigenvalue weighted by molar-refractivity contribution is 6.15. The Morgan fingerprint density at radius 1 is 0.792 bits per heavy atom. The summed E-state index contributed by atoms with van der Waals surface area (Å²) in [5, 5.41) is 5.13. The molecule has 7 rings (SSSR count). The summed E-state index contributed by atoms with van der Waals surface area (Å²) in [5.74, 6) is 0. The fourth-order valence-corrected chi connectivity index (χ4v) is 7.22. The molecule has 5 aromatic carbocycles. The van der Waals surface area contributed by atoms with E-state index in [4.69, 9.17) is 16.5 Å². The van der Waals surface area contributed by atoms with E-state index in [1.54, 1.807) is 6.20 Å². The van der Waals surface area contributed by atoms with E-state index >= 15 is 0 Å². The minimum absolute atomic E-state index is 0.216. The molecule has 0 unspecified atom stereocenters. The maximum atomic E-state index is 6.17. The largest absolute Gasteiger partial charge is 0.404 e. The van der Waals surface area contributed by atoms with Gasteiger partial charge < -0.3 is 11.5 Å². The Labute approximate surface area is 283 Å². The Morgan fingerprint density at radius 3 is 2.35 bits per heavy atom. The van der Waals surface area contributed by atoms with Gasteiger partial charge in [0.2, 0.25) is 0 Å². The lowest BCUT2D eigenvalue weighted by Crippen LogP contribution is -2.09. The molecule has 48 heavy (non-hydrogen) atoms. The van der Waals surface area contributed by atoms with Gasteiger partial charge in [0.25, 0.3) is 0 Å². The number of aryl methyl sites for hydroxylation is 1. The summed E-state index contributed by atoms with van der Waals surface area (Å²) in [5.41, 5.74) is 25.2. The third-order valence-corrected chi connectivity index (χ3v) is 9.53. The summed E-state index contributed by atoms with van der Waals surface area (Å²) in [6.45, 7) is 2.23. The predicted octanol–water partition coefficient (Wildman–Crippen LogP) is 10.4. The Balaban J connectivity index is 1.40. The molecule has 0 fully saturated rings. The van der Waals surface area contributed by atoms with E-state index in [0.29, 0.717) is 0 Å². The smallest absolute Gasteiger partial charge is 0.0866 e. The molecular weight excluding hydrogens is 583 g/mol. The van der Waals surface area contributed by atoms with Crippen molar-refractivity contribution < 1.29 is 0 Å². The molecule has 3 nitrogen and oxygen atoms in total. The van der Waals surface area contributed by atoms with E-state index in [-0.39, 0.29) is 6.67 Å². The van der Waals surface area contributed by atoms with Gasteiger partial charge in [-0.25, -0.2) is 0 Å². The number of allylic oxidation sites excluding steroid dienone is 9. The van der Waals surface area contributed by atoms with Crippen LogP contribution in [0.3, 0.4) is 0 Å². The molecule has 0 amide bonds. The molecule has 0 bridgehead atoms. The van der Waals surface area contributed by atoms with Crippen molar-refractivity contribution in [1.82, 2.24) is 0 Å². The summed E-state index contributed by atoms with van der Waals surface area (Å²) in [6.07, 6.45) is 21.0. The maximum absolute atomic E-state index is 6.17. The average Bonchev–Trinajstić information content (AvgIpc) is 3.15. The van der Waals surface area contributed by atoms with Gasteiger partial charge >= 0.3 is 0 Å². The Morgan fingerprint density at radius 2 is 1.56 bits per heavy atom. The molecule has 0 aromatic heterocycles. The summed E-state index contributed by atoms with van der Waals surface area (Å²) in [6, 6.07) is 35.0. The zero-order valence-corrected chi connectivity index (χ0v) is 27.5. The third kappa shape index (κ3) is 6.13. The van der Waals surface area contributed by atoms with E-state index in [2.05, 4.69) is 134 Å². The molecule has 0 radical (unpaired) electrons. The molecular formula is C45H41N3. The molecule has 0 atom stereocenters. The van der Waals surface area contributed by atoms with Gasteiger partial charge in [-0.1, -0.05) is 121 Å². The predicted molar refractivity (Wildman–Crippen MR) is 208 cm³/mol. The van der Waals surface area contributed by atoms with Gasteiger partial charge in [0, 0.05) is 6.20 Å². The zero-order chi connectivity index (χ0) is 32.9. The quantitative estimate of drug-likeness (QED) is 0.133. The van der Waals surface area contributed by atoms with E-state index in [9.17, 15) is 0 Å². The van der Waals surface area contributed by atoms with Gasteiger partial charge in [-0.15, -0.1) is 0 Å². The van der Waals surface area contributed by atoms with Crippen LogP contribution in [0.15, 0.2) is 150 Å². The number of nitrogens with zero attached hydrogens (tertiary/aromatic N) is 1. The Hall–Kier alpha value is -5.51. The number of aliphatic imine (C=N–C) groups is 1.